The van der Waals surface area contributed by atoms with E-state index in [1.54, 1.807) is 25.1 Å². The summed E-state index contributed by atoms with van der Waals surface area (Å²) in [6.45, 7) is 3.32. The van der Waals surface area contributed by atoms with Crippen LogP contribution in [0.4, 0.5) is 4.79 Å². The number of nitrogens with zero attached hydrogens (tertiary/aromatic N) is 1. The maximum atomic E-state index is 12.6. The SMILES string of the molecule is Cc1cccc(OC[C@@H](O)CN2C(=O)N[C@](C)(c3ccco3)C2=O)c1. The number of rotatable bonds is 6. The van der Waals surface area contributed by atoms with Crippen LogP contribution in [0.5, 0.6) is 5.75 Å². The number of ether oxygens (including phenoxy) is 1. The number of nitrogens with one attached hydrogen (secondary N) is 1. The summed E-state index contributed by atoms with van der Waals surface area (Å²) in [6.07, 6.45) is 0.432. The van der Waals surface area contributed by atoms with E-state index in [0.717, 1.165) is 10.5 Å². The minimum Gasteiger partial charge on any atom is -0.491 e. The molecule has 1 aromatic carbocycles. The predicted molar refractivity (Wildman–Crippen MR) is 89.0 cm³/mol. The number of aliphatic hydroxyl groups is 1. The fraction of sp³-hybridized carbons (Fsp3) is 0.333. The van der Waals surface area contributed by atoms with Crippen LogP contribution in [0.3, 0.4) is 0 Å². The molecule has 7 nitrogen and oxygen atoms in total. The number of hydrogen-bond acceptors (Lipinski definition) is 5. The lowest BCUT2D eigenvalue weighted by molar-refractivity contribution is -0.132. The topological polar surface area (TPSA) is 92.0 Å². The largest absolute Gasteiger partial charge is 0.491 e. The molecule has 1 fully saturated rings. The van der Waals surface area contributed by atoms with E-state index in [1.807, 2.05) is 25.1 Å². The minimum atomic E-state index is -1.27. The lowest BCUT2D eigenvalue weighted by atomic mass is 9.99. The number of carbonyl (C=O) groups is 2. The van der Waals surface area contributed by atoms with E-state index in [4.69, 9.17) is 9.15 Å². The van der Waals surface area contributed by atoms with Gasteiger partial charge in [0.05, 0.1) is 12.8 Å². The van der Waals surface area contributed by atoms with Gasteiger partial charge in [0.25, 0.3) is 5.91 Å². The summed E-state index contributed by atoms with van der Waals surface area (Å²) in [5, 5.41) is 12.8. The molecule has 3 amide bonds. The highest BCUT2D eigenvalue weighted by Gasteiger charge is 2.51. The Balaban J connectivity index is 1.62. The first-order valence-electron chi connectivity index (χ1n) is 7.96. The number of imide groups is 1. The average Bonchev–Trinajstić information content (AvgIpc) is 3.18. The minimum absolute atomic E-state index is 0.0298. The molecule has 0 unspecified atom stereocenters. The van der Waals surface area contributed by atoms with E-state index in [-0.39, 0.29) is 13.2 Å². The summed E-state index contributed by atoms with van der Waals surface area (Å²) in [5.41, 5.74) is -0.229. The second-order valence-corrected chi connectivity index (χ2v) is 6.23. The van der Waals surface area contributed by atoms with E-state index in [9.17, 15) is 14.7 Å². The first-order chi connectivity index (χ1) is 11.9. The molecule has 0 radical (unpaired) electrons. The zero-order valence-electron chi connectivity index (χ0n) is 14.1. The number of aryl methyl sites for hydroxylation is 1. The molecule has 2 atom stereocenters. The molecular formula is C18H20N2O5. The Morgan fingerprint density at radius 2 is 2.12 bits per heavy atom. The maximum absolute atomic E-state index is 12.6. The van der Waals surface area contributed by atoms with Gasteiger partial charge in [0.15, 0.2) is 5.54 Å². The van der Waals surface area contributed by atoms with Crippen molar-refractivity contribution >= 4 is 11.9 Å². The number of β-amino-alcohol motifs (C(OH)–C–C–N with tert-alkyl or cyclic N) is 1. The molecule has 1 aromatic heterocycles. The van der Waals surface area contributed by atoms with Crippen molar-refractivity contribution in [2.45, 2.75) is 25.5 Å². The number of carbonyl (C=O) groups excluding carboxylic acids is 2. The van der Waals surface area contributed by atoms with Gasteiger partial charge < -0.3 is 19.6 Å². The van der Waals surface area contributed by atoms with Gasteiger partial charge in [0.1, 0.15) is 24.2 Å². The van der Waals surface area contributed by atoms with E-state index < -0.39 is 23.6 Å². The van der Waals surface area contributed by atoms with Crippen molar-refractivity contribution in [2.75, 3.05) is 13.2 Å². The number of hydrogen-bond donors (Lipinski definition) is 2. The van der Waals surface area contributed by atoms with Gasteiger partial charge in [0, 0.05) is 0 Å². The quantitative estimate of drug-likeness (QED) is 0.780. The number of furan rings is 1. The van der Waals surface area contributed by atoms with E-state index in [1.165, 1.54) is 6.26 Å². The molecule has 0 saturated carbocycles. The van der Waals surface area contributed by atoms with Crippen LogP contribution in [0.15, 0.2) is 47.1 Å². The van der Waals surface area contributed by atoms with Crippen LogP contribution in [-0.2, 0) is 10.3 Å². The standard InChI is InChI=1S/C18H20N2O5/c1-12-5-3-6-14(9-12)25-11-13(21)10-20-16(22)18(2,19-17(20)23)15-7-4-8-24-15/h3-9,13,21H,10-11H2,1-2H3,(H,19,23)/t13-,18+/m0/s1. The molecule has 25 heavy (non-hydrogen) atoms. The molecule has 132 valence electrons. The fourth-order valence-electron chi connectivity index (χ4n) is 2.75. The Kier molecular flexibility index (Phi) is 4.50. The molecule has 1 aliphatic rings. The molecule has 3 rings (SSSR count). The smallest absolute Gasteiger partial charge is 0.325 e. The normalized spacial score (nSPS) is 21.3. The average molecular weight is 344 g/mol. The van der Waals surface area contributed by atoms with Crippen molar-refractivity contribution in [2.24, 2.45) is 0 Å². The molecule has 0 aliphatic carbocycles. The Bertz CT molecular complexity index is 774. The summed E-state index contributed by atoms with van der Waals surface area (Å²) >= 11 is 0. The van der Waals surface area contributed by atoms with Crippen molar-refractivity contribution in [3.8, 4) is 5.75 Å². The van der Waals surface area contributed by atoms with Crippen LogP contribution in [0.2, 0.25) is 0 Å². The lowest BCUT2D eigenvalue weighted by Gasteiger charge is -2.20. The van der Waals surface area contributed by atoms with Crippen molar-refractivity contribution in [1.29, 1.82) is 0 Å². The zero-order chi connectivity index (χ0) is 18.0. The van der Waals surface area contributed by atoms with Gasteiger partial charge in [-0.25, -0.2) is 4.79 Å². The van der Waals surface area contributed by atoms with Crippen LogP contribution >= 0.6 is 0 Å². The van der Waals surface area contributed by atoms with E-state index >= 15 is 0 Å². The molecule has 1 saturated heterocycles. The van der Waals surface area contributed by atoms with Gasteiger partial charge in [-0.15, -0.1) is 0 Å². The first kappa shape index (κ1) is 17.0. The Morgan fingerprint density at radius 3 is 2.80 bits per heavy atom. The maximum Gasteiger partial charge on any atom is 0.325 e. The van der Waals surface area contributed by atoms with Gasteiger partial charge in [-0.2, -0.15) is 0 Å². The first-order valence-corrected chi connectivity index (χ1v) is 7.96. The molecule has 2 aromatic rings. The molecule has 7 heteroatoms. The molecule has 1 aliphatic heterocycles. The highest BCUT2D eigenvalue weighted by Crippen LogP contribution is 2.29. The molecule has 2 heterocycles. The molecule has 0 bridgehead atoms. The number of amides is 3. The molecule has 2 N–H and O–H groups in total. The van der Waals surface area contributed by atoms with Crippen molar-refractivity contribution in [3.63, 3.8) is 0 Å². The second-order valence-electron chi connectivity index (χ2n) is 6.23. The summed E-state index contributed by atoms with van der Waals surface area (Å²) in [7, 11) is 0. The van der Waals surface area contributed by atoms with E-state index in [0.29, 0.717) is 11.5 Å². The number of benzene rings is 1. The predicted octanol–water partition coefficient (Wildman–Crippen LogP) is 1.79. The van der Waals surface area contributed by atoms with Gasteiger partial charge >= 0.3 is 6.03 Å². The van der Waals surface area contributed by atoms with Crippen molar-refractivity contribution in [3.05, 3.63) is 54.0 Å². The monoisotopic (exact) mass is 344 g/mol. The third-order valence-electron chi connectivity index (χ3n) is 4.11. The van der Waals surface area contributed by atoms with Gasteiger partial charge in [-0.3, -0.25) is 9.69 Å². The van der Waals surface area contributed by atoms with Gasteiger partial charge in [0.2, 0.25) is 0 Å². The highest BCUT2D eigenvalue weighted by molar-refractivity contribution is 6.06. The molecule has 0 spiro atoms. The van der Waals surface area contributed by atoms with Crippen LogP contribution in [-0.4, -0.2) is 41.2 Å². The Morgan fingerprint density at radius 1 is 1.32 bits per heavy atom. The van der Waals surface area contributed by atoms with Gasteiger partial charge in [-0.1, -0.05) is 12.1 Å². The van der Waals surface area contributed by atoms with Gasteiger partial charge in [-0.05, 0) is 43.7 Å². The molecular weight excluding hydrogens is 324 g/mol. The zero-order valence-corrected chi connectivity index (χ0v) is 14.1. The third-order valence-corrected chi connectivity index (χ3v) is 4.11. The van der Waals surface area contributed by atoms with Crippen molar-refractivity contribution in [1.82, 2.24) is 10.2 Å². The Hall–Kier alpha value is -2.80. The Labute approximate surface area is 145 Å². The van der Waals surface area contributed by atoms with E-state index in [2.05, 4.69) is 5.32 Å². The highest BCUT2D eigenvalue weighted by atomic mass is 16.5. The summed E-state index contributed by atoms with van der Waals surface area (Å²) in [6, 6.07) is 10.1. The second kappa shape index (κ2) is 6.60. The van der Waals surface area contributed by atoms with Crippen LogP contribution < -0.4 is 10.1 Å². The van der Waals surface area contributed by atoms with Crippen LogP contribution in [0.25, 0.3) is 0 Å². The lowest BCUT2D eigenvalue weighted by Crippen LogP contribution is -2.42. The summed E-state index contributed by atoms with van der Waals surface area (Å²) < 4.78 is 10.8. The van der Waals surface area contributed by atoms with Crippen LogP contribution in [0.1, 0.15) is 18.2 Å². The van der Waals surface area contributed by atoms with Crippen molar-refractivity contribution < 1.29 is 23.8 Å². The third kappa shape index (κ3) is 3.36. The number of aliphatic hydroxyl groups excluding tert-OH is 1. The number of urea groups is 1. The fourth-order valence-corrected chi connectivity index (χ4v) is 2.75. The summed E-state index contributed by atoms with van der Waals surface area (Å²) in [4.78, 5) is 25.8. The summed E-state index contributed by atoms with van der Waals surface area (Å²) in [5.74, 6) is 0.498. The van der Waals surface area contributed by atoms with Crippen LogP contribution in [0, 0.1) is 6.92 Å².